The van der Waals surface area contributed by atoms with Gasteiger partial charge in [-0.2, -0.15) is 0 Å². The molecule has 0 aliphatic carbocycles. The number of halogens is 3. The van der Waals surface area contributed by atoms with Crippen molar-refractivity contribution in [2.24, 2.45) is 0 Å². The summed E-state index contributed by atoms with van der Waals surface area (Å²) >= 11 is 9.05. The standard InChI is InChI=1S/C16H14BrClFNO2/c1-2-15(22-12-5-3-4-11(18)9-12)16(21)20-14-7-6-10(17)8-13(14)19/h3-9,15H,2H2,1H3,(H,20,21)/t15-/m1/s1. The first kappa shape index (κ1) is 16.8. The molecule has 0 spiro atoms. The van der Waals surface area contributed by atoms with Gasteiger partial charge in [-0.25, -0.2) is 4.39 Å². The minimum atomic E-state index is -0.735. The van der Waals surface area contributed by atoms with Crippen LogP contribution in [-0.2, 0) is 4.79 Å². The lowest BCUT2D eigenvalue weighted by molar-refractivity contribution is -0.122. The SMILES string of the molecule is CC[C@@H](Oc1cccc(Cl)c1)C(=O)Nc1ccc(Br)cc1F. The highest BCUT2D eigenvalue weighted by molar-refractivity contribution is 9.10. The van der Waals surface area contributed by atoms with Crippen molar-refractivity contribution in [3.63, 3.8) is 0 Å². The maximum absolute atomic E-state index is 13.8. The van der Waals surface area contributed by atoms with E-state index in [-0.39, 0.29) is 5.69 Å². The van der Waals surface area contributed by atoms with Crippen molar-refractivity contribution in [3.05, 3.63) is 57.8 Å². The second-order valence-corrected chi connectivity index (χ2v) is 5.94. The van der Waals surface area contributed by atoms with E-state index in [0.29, 0.717) is 21.7 Å². The number of hydrogen-bond acceptors (Lipinski definition) is 2. The first-order chi connectivity index (χ1) is 10.5. The summed E-state index contributed by atoms with van der Waals surface area (Å²) in [5.41, 5.74) is 0.112. The molecule has 0 saturated carbocycles. The fraction of sp³-hybridized carbons (Fsp3) is 0.188. The van der Waals surface area contributed by atoms with Crippen LogP contribution in [0.3, 0.4) is 0 Å². The molecule has 1 N–H and O–H groups in total. The minimum Gasteiger partial charge on any atom is -0.481 e. The number of ether oxygens (including phenoxy) is 1. The van der Waals surface area contributed by atoms with E-state index < -0.39 is 17.8 Å². The van der Waals surface area contributed by atoms with Crippen molar-refractivity contribution in [2.75, 3.05) is 5.32 Å². The summed E-state index contributed by atoms with van der Waals surface area (Å²) in [5, 5.41) is 3.05. The average molecular weight is 387 g/mol. The van der Waals surface area contributed by atoms with E-state index in [4.69, 9.17) is 16.3 Å². The lowest BCUT2D eigenvalue weighted by atomic mass is 10.2. The molecule has 0 bridgehead atoms. The molecule has 0 radical (unpaired) electrons. The largest absolute Gasteiger partial charge is 0.481 e. The molecule has 0 aromatic heterocycles. The molecule has 0 fully saturated rings. The van der Waals surface area contributed by atoms with E-state index in [1.54, 1.807) is 30.3 Å². The van der Waals surface area contributed by atoms with Gasteiger partial charge in [0.15, 0.2) is 6.10 Å². The molecule has 0 heterocycles. The number of nitrogens with one attached hydrogen (secondary N) is 1. The summed E-state index contributed by atoms with van der Waals surface area (Å²) < 4.78 is 20.0. The zero-order valence-corrected chi connectivity index (χ0v) is 14.1. The molecular formula is C16H14BrClFNO2. The van der Waals surface area contributed by atoms with Gasteiger partial charge in [0.1, 0.15) is 11.6 Å². The molecular weight excluding hydrogens is 373 g/mol. The fourth-order valence-electron chi connectivity index (χ4n) is 1.83. The molecule has 0 aliphatic heterocycles. The van der Waals surface area contributed by atoms with Gasteiger partial charge in [0.05, 0.1) is 5.69 Å². The zero-order valence-electron chi connectivity index (χ0n) is 11.8. The Hall–Kier alpha value is -1.59. The fourth-order valence-corrected chi connectivity index (χ4v) is 2.34. The first-order valence-electron chi connectivity index (χ1n) is 6.67. The Balaban J connectivity index is 2.08. The van der Waals surface area contributed by atoms with Crippen LogP contribution in [0.25, 0.3) is 0 Å². The molecule has 3 nitrogen and oxygen atoms in total. The van der Waals surface area contributed by atoms with Crippen LogP contribution >= 0.6 is 27.5 Å². The molecule has 2 aromatic carbocycles. The number of hydrogen-bond donors (Lipinski definition) is 1. The van der Waals surface area contributed by atoms with Crippen LogP contribution in [0.4, 0.5) is 10.1 Å². The minimum absolute atomic E-state index is 0.112. The molecule has 2 aromatic rings. The van der Waals surface area contributed by atoms with Crippen LogP contribution in [0.1, 0.15) is 13.3 Å². The number of benzene rings is 2. The van der Waals surface area contributed by atoms with E-state index in [0.717, 1.165) is 0 Å². The number of carbonyl (C=O) groups excluding carboxylic acids is 1. The van der Waals surface area contributed by atoms with Crippen LogP contribution in [0.15, 0.2) is 46.9 Å². The van der Waals surface area contributed by atoms with Gasteiger partial charge < -0.3 is 10.1 Å². The summed E-state index contributed by atoms with van der Waals surface area (Å²) in [6.07, 6.45) is -0.294. The van der Waals surface area contributed by atoms with E-state index in [2.05, 4.69) is 21.2 Å². The maximum Gasteiger partial charge on any atom is 0.265 e. The highest BCUT2D eigenvalue weighted by Crippen LogP contribution is 2.22. The molecule has 0 aliphatic rings. The third kappa shape index (κ3) is 4.45. The third-order valence-corrected chi connectivity index (χ3v) is 3.65. The maximum atomic E-state index is 13.8. The van der Waals surface area contributed by atoms with Crippen LogP contribution in [0, 0.1) is 5.82 Å². The second kappa shape index (κ2) is 7.61. The lowest BCUT2D eigenvalue weighted by Gasteiger charge is -2.17. The van der Waals surface area contributed by atoms with Gasteiger partial charge in [0, 0.05) is 9.50 Å². The molecule has 116 valence electrons. The van der Waals surface area contributed by atoms with Crippen LogP contribution < -0.4 is 10.1 Å². The molecule has 1 atom stereocenters. The summed E-state index contributed by atoms with van der Waals surface area (Å²) in [4.78, 5) is 12.2. The van der Waals surface area contributed by atoms with Crippen LogP contribution in [-0.4, -0.2) is 12.0 Å². The van der Waals surface area contributed by atoms with Gasteiger partial charge in [-0.15, -0.1) is 0 Å². The Morgan fingerprint density at radius 2 is 2.14 bits per heavy atom. The van der Waals surface area contributed by atoms with Gasteiger partial charge in [0.25, 0.3) is 5.91 Å². The van der Waals surface area contributed by atoms with E-state index in [1.165, 1.54) is 12.1 Å². The Bertz CT molecular complexity index is 681. The van der Waals surface area contributed by atoms with E-state index in [1.807, 2.05) is 6.92 Å². The topological polar surface area (TPSA) is 38.3 Å². The Morgan fingerprint density at radius 3 is 2.77 bits per heavy atom. The van der Waals surface area contributed by atoms with Gasteiger partial charge in [0.2, 0.25) is 0 Å². The molecule has 2 rings (SSSR count). The summed E-state index contributed by atoms with van der Waals surface area (Å²) in [6, 6.07) is 11.2. The van der Waals surface area contributed by atoms with Gasteiger partial charge in [-0.05, 0) is 42.8 Å². The highest BCUT2D eigenvalue weighted by atomic mass is 79.9. The zero-order chi connectivity index (χ0) is 16.1. The summed E-state index contributed by atoms with van der Waals surface area (Å²) in [5.74, 6) is -0.435. The van der Waals surface area contributed by atoms with Gasteiger partial charge in [-0.3, -0.25) is 4.79 Å². The van der Waals surface area contributed by atoms with Crippen molar-refractivity contribution in [2.45, 2.75) is 19.4 Å². The predicted molar refractivity (Wildman–Crippen MR) is 88.9 cm³/mol. The molecule has 0 saturated heterocycles. The summed E-state index contributed by atoms with van der Waals surface area (Å²) in [7, 11) is 0. The molecule has 1 amide bonds. The van der Waals surface area contributed by atoms with Crippen molar-refractivity contribution < 1.29 is 13.9 Å². The first-order valence-corrected chi connectivity index (χ1v) is 7.85. The lowest BCUT2D eigenvalue weighted by Crippen LogP contribution is -2.32. The normalized spacial score (nSPS) is 11.8. The molecule has 6 heteroatoms. The number of amides is 1. The van der Waals surface area contributed by atoms with Crippen molar-refractivity contribution in [1.29, 1.82) is 0 Å². The third-order valence-electron chi connectivity index (χ3n) is 2.93. The highest BCUT2D eigenvalue weighted by Gasteiger charge is 2.20. The Morgan fingerprint density at radius 1 is 1.36 bits per heavy atom. The van der Waals surface area contributed by atoms with Crippen molar-refractivity contribution in [1.82, 2.24) is 0 Å². The van der Waals surface area contributed by atoms with Gasteiger partial charge >= 0.3 is 0 Å². The van der Waals surface area contributed by atoms with E-state index >= 15 is 0 Å². The predicted octanol–water partition coefficient (Wildman–Crippen LogP) is 5.04. The van der Waals surface area contributed by atoms with Crippen molar-refractivity contribution >= 4 is 39.1 Å². The van der Waals surface area contributed by atoms with Gasteiger partial charge in [-0.1, -0.05) is 40.5 Å². The van der Waals surface area contributed by atoms with E-state index in [9.17, 15) is 9.18 Å². The summed E-state index contributed by atoms with van der Waals surface area (Å²) in [6.45, 7) is 1.81. The smallest absolute Gasteiger partial charge is 0.265 e. The molecule has 22 heavy (non-hydrogen) atoms. The number of anilines is 1. The second-order valence-electron chi connectivity index (χ2n) is 4.59. The quantitative estimate of drug-likeness (QED) is 0.782. The molecule has 0 unspecified atom stereocenters. The average Bonchev–Trinajstić information content (AvgIpc) is 2.47. The number of carbonyl (C=O) groups is 1. The van der Waals surface area contributed by atoms with Crippen LogP contribution in [0.5, 0.6) is 5.75 Å². The monoisotopic (exact) mass is 385 g/mol. The van der Waals surface area contributed by atoms with Crippen LogP contribution in [0.2, 0.25) is 5.02 Å². The number of rotatable bonds is 5. The Labute approximate surface area is 141 Å². The Kier molecular flexibility index (Phi) is 5.80. The van der Waals surface area contributed by atoms with Crippen molar-refractivity contribution in [3.8, 4) is 5.75 Å².